The monoisotopic (exact) mass is 450 g/mol. The summed E-state index contributed by atoms with van der Waals surface area (Å²) >= 11 is 1.77. The summed E-state index contributed by atoms with van der Waals surface area (Å²) in [6, 6.07) is 9.27. The molecule has 166 valence electrons. The van der Waals surface area contributed by atoms with Gasteiger partial charge in [-0.1, -0.05) is 18.7 Å². The fourth-order valence-corrected chi connectivity index (χ4v) is 5.70. The van der Waals surface area contributed by atoms with Gasteiger partial charge in [0.2, 0.25) is 5.91 Å². The van der Waals surface area contributed by atoms with Crippen molar-refractivity contribution in [3.8, 4) is 17.1 Å². The second-order valence-electron chi connectivity index (χ2n) is 8.19. The molecule has 2 fully saturated rings. The highest BCUT2D eigenvalue weighted by atomic mass is 32.1. The van der Waals surface area contributed by atoms with E-state index in [9.17, 15) is 9.90 Å². The van der Waals surface area contributed by atoms with E-state index in [1.54, 1.807) is 23.5 Å². The van der Waals surface area contributed by atoms with Crippen molar-refractivity contribution in [1.82, 2.24) is 14.9 Å². The molecule has 5 rings (SSSR count). The number of morpholine rings is 1. The van der Waals surface area contributed by atoms with Gasteiger partial charge in [0.1, 0.15) is 5.75 Å². The lowest BCUT2D eigenvalue weighted by Gasteiger charge is -2.30. The SMILES string of the molecule is C=CC(=O)N1CCC(c2cc3nc(-c4cccc(O)c4)nc(N4CCOCC4)c3s2)CC1. The van der Waals surface area contributed by atoms with E-state index in [-0.39, 0.29) is 11.7 Å². The van der Waals surface area contributed by atoms with Gasteiger partial charge in [-0.25, -0.2) is 9.97 Å². The average Bonchev–Trinajstić information content (AvgIpc) is 3.28. The summed E-state index contributed by atoms with van der Waals surface area (Å²) in [6.45, 7) is 8.05. The van der Waals surface area contributed by atoms with Gasteiger partial charge in [0.15, 0.2) is 11.6 Å². The molecule has 4 heterocycles. The number of aromatic nitrogens is 2. The van der Waals surface area contributed by atoms with Crippen molar-refractivity contribution in [2.24, 2.45) is 0 Å². The zero-order valence-corrected chi connectivity index (χ0v) is 18.7. The normalized spacial score (nSPS) is 17.6. The number of rotatable bonds is 4. The summed E-state index contributed by atoms with van der Waals surface area (Å²) in [5, 5.41) is 9.94. The van der Waals surface area contributed by atoms with Crippen LogP contribution in [0.3, 0.4) is 0 Å². The Balaban J connectivity index is 1.52. The first-order valence-electron chi connectivity index (χ1n) is 11.0. The lowest BCUT2D eigenvalue weighted by molar-refractivity contribution is -0.127. The van der Waals surface area contributed by atoms with E-state index in [0.717, 1.165) is 60.6 Å². The van der Waals surface area contributed by atoms with Crippen LogP contribution in [0.2, 0.25) is 0 Å². The lowest BCUT2D eigenvalue weighted by Crippen LogP contribution is -2.37. The van der Waals surface area contributed by atoms with Gasteiger partial charge in [-0.3, -0.25) is 4.79 Å². The van der Waals surface area contributed by atoms with Crippen LogP contribution in [0.5, 0.6) is 5.75 Å². The highest BCUT2D eigenvalue weighted by molar-refractivity contribution is 7.19. The zero-order valence-electron chi connectivity index (χ0n) is 17.9. The Labute approximate surface area is 191 Å². The number of carbonyl (C=O) groups is 1. The minimum Gasteiger partial charge on any atom is -0.508 e. The molecule has 8 heteroatoms. The molecule has 0 bridgehead atoms. The molecule has 3 aromatic rings. The van der Waals surface area contributed by atoms with Crippen molar-refractivity contribution in [2.45, 2.75) is 18.8 Å². The number of aromatic hydroxyl groups is 1. The van der Waals surface area contributed by atoms with Crippen LogP contribution in [0.15, 0.2) is 43.0 Å². The highest BCUT2D eigenvalue weighted by Crippen LogP contribution is 2.40. The number of thiophene rings is 1. The quantitative estimate of drug-likeness (QED) is 0.610. The Morgan fingerprint density at radius 1 is 1.16 bits per heavy atom. The maximum Gasteiger partial charge on any atom is 0.245 e. The van der Waals surface area contributed by atoms with E-state index >= 15 is 0 Å². The van der Waals surface area contributed by atoms with Crippen molar-refractivity contribution in [3.05, 3.63) is 47.9 Å². The third-order valence-electron chi connectivity index (χ3n) is 6.17. The lowest BCUT2D eigenvalue weighted by atomic mass is 9.95. The summed E-state index contributed by atoms with van der Waals surface area (Å²) in [5.41, 5.74) is 1.73. The molecule has 2 aliphatic heterocycles. The molecule has 1 N–H and O–H groups in total. The second kappa shape index (κ2) is 8.88. The molecular formula is C24H26N4O3S. The van der Waals surface area contributed by atoms with Crippen LogP contribution in [0.25, 0.3) is 21.6 Å². The predicted octanol–water partition coefficient (Wildman–Crippen LogP) is 3.79. The fourth-order valence-electron chi connectivity index (χ4n) is 4.41. The summed E-state index contributed by atoms with van der Waals surface area (Å²) in [7, 11) is 0. The number of amides is 1. The number of likely N-dealkylation sites (tertiary alicyclic amines) is 1. The molecule has 2 aromatic heterocycles. The molecule has 0 unspecified atom stereocenters. The van der Waals surface area contributed by atoms with Crippen LogP contribution in [0.1, 0.15) is 23.6 Å². The number of phenols is 1. The number of carbonyl (C=O) groups excluding carboxylic acids is 1. The third-order valence-corrected chi connectivity index (χ3v) is 7.45. The van der Waals surface area contributed by atoms with Crippen molar-refractivity contribution in [2.75, 3.05) is 44.3 Å². The number of anilines is 1. The number of nitrogens with zero attached hydrogens (tertiary/aromatic N) is 4. The van der Waals surface area contributed by atoms with Crippen LogP contribution < -0.4 is 4.90 Å². The van der Waals surface area contributed by atoms with Crippen LogP contribution in [0.4, 0.5) is 5.82 Å². The van der Waals surface area contributed by atoms with E-state index in [2.05, 4.69) is 17.5 Å². The minimum atomic E-state index is 0.0102. The van der Waals surface area contributed by atoms with Crippen molar-refractivity contribution in [1.29, 1.82) is 0 Å². The molecule has 7 nitrogen and oxygen atoms in total. The first-order chi connectivity index (χ1) is 15.6. The van der Waals surface area contributed by atoms with E-state index in [1.807, 2.05) is 17.0 Å². The first-order valence-corrected chi connectivity index (χ1v) is 11.8. The molecule has 2 aliphatic rings. The second-order valence-corrected chi connectivity index (χ2v) is 9.27. The Hall–Kier alpha value is -2.97. The first kappa shape index (κ1) is 20.9. The summed E-state index contributed by atoms with van der Waals surface area (Å²) < 4.78 is 6.64. The van der Waals surface area contributed by atoms with Crippen LogP contribution in [0, 0.1) is 0 Å². The number of piperidine rings is 1. The molecule has 0 saturated carbocycles. The molecule has 1 aromatic carbocycles. The Kier molecular flexibility index (Phi) is 5.80. The zero-order chi connectivity index (χ0) is 22.1. The van der Waals surface area contributed by atoms with Gasteiger partial charge in [0.05, 0.1) is 23.4 Å². The highest BCUT2D eigenvalue weighted by Gasteiger charge is 2.26. The molecule has 0 atom stereocenters. The molecular weight excluding hydrogens is 424 g/mol. The molecule has 0 aliphatic carbocycles. The average molecular weight is 451 g/mol. The van der Waals surface area contributed by atoms with E-state index in [1.165, 1.54) is 11.0 Å². The van der Waals surface area contributed by atoms with Gasteiger partial charge >= 0.3 is 0 Å². The van der Waals surface area contributed by atoms with E-state index in [0.29, 0.717) is 25.0 Å². The van der Waals surface area contributed by atoms with Crippen molar-refractivity contribution < 1.29 is 14.6 Å². The van der Waals surface area contributed by atoms with Gasteiger partial charge < -0.3 is 19.6 Å². The number of ether oxygens (including phenoxy) is 1. The van der Waals surface area contributed by atoms with E-state index in [4.69, 9.17) is 14.7 Å². The number of hydrogen-bond donors (Lipinski definition) is 1. The predicted molar refractivity (Wildman–Crippen MR) is 126 cm³/mol. The fraction of sp³-hybridized carbons (Fsp3) is 0.375. The van der Waals surface area contributed by atoms with Gasteiger partial charge in [0.25, 0.3) is 0 Å². The molecule has 1 amide bonds. The van der Waals surface area contributed by atoms with E-state index < -0.39 is 0 Å². The van der Waals surface area contributed by atoms with Crippen LogP contribution in [-0.2, 0) is 9.53 Å². The van der Waals surface area contributed by atoms with Gasteiger partial charge in [-0.15, -0.1) is 11.3 Å². The third kappa shape index (κ3) is 4.08. The standard InChI is InChI=1S/C24H26N4O3S/c1-2-21(30)27-8-6-16(7-9-27)20-15-19-22(32-20)24(28-10-12-31-13-11-28)26-23(25-19)17-4-3-5-18(29)14-17/h2-5,14-16,29H,1,6-13H2. The molecule has 32 heavy (non-hydrogen) atoms. The van der Waals surface area contributed by atoms with Crippen molar-refractivity contribution >= 4 is 33.3 Å². The van der Waals surface area contributed by atoms with Crippen LogP contribution in [-0.4, -0.2) is 65.3 Å². The smallest absolute Gasteiger partial charge is 0.245 e. The van der Waals surface area contributed by atoms with Gasteiger partial charge in [-0.2, -0.15) is 0 Å². The van der Waals surface area contributed by atoms with Crippen molar-refractivity contribution in [3.63, 3.8) is 0 Å². The van der Waals surface area contributed by atoms with Gasteiger partial charge in [0, 0.05) is 36.6 Å². The van der Waals surface area contributed by atoms with Gasteiger partial charge in [-0.05, 0) is 43.0 Å². The largest absolute Gasteiger partial charge is 0.508 e. The molecule has 0 radical (unpaired) electrons. The molecule has 0 spiro atoms. The Bertz CT molecular complexity index is 1150. The number of fused-ring (bicyclic) bond motifs is 1. The van der Waals surface area contributed by atoms with Crippen LogP contribution >= 0.6 is 11.3 Å². The number of benzene rings is 1. The number of phenolic OH excluding ortho intramolecular Hbond substituents is 1. The maximum atomic E-state index is 11.9. The number of hydrogen-bond acceptors (Lipinski definition) is 7. The Morgan fingerprint density at radius 3 is 2.66 bits per heavy atom. The maximum absolute atomic E-state index is 11.9. The summed E-state index contributed by atoms with van der Waals surface area (Å²) in [5.74, 6) is 2.17. The summed E-state index contributed by atoms with van der Waals surface area (Å²) in [6.07, 6.45) is 3.27. The topological polar surface area (TPSA) is 78.8 Å². The minimum absolute atomic E-state index is 0.0102. The Morgan fingerprint density at radius 2 is 1.94 bits per heavy atom. The summed E-state index contributed by atoms with van der Waals surface area (Å²) in [4.78, 5) is 27.2. The molecule has 2 saturated heterocycles.